The summed E-state index contributed by atoms with van der Waals surface area (Å²) in [4.78, 5) is 11.3. The molecule has 1 rings (SSSR count). The maximum atomic E-state index is 11.3. The minimum Gasteiger partial charge on any atom is -0.493 e. The minimum absolute atomic E-state index is 0.332. The van der Waals surface area contributed by atoms with Crippen molar-refractivity contribution in [2.24, 2.45) is 0 Å². The highest BCUT2D eigenvalue weighted by molar-refractivity contribution is 5.81. The number of benzene rings is 1. The zero-order valence-corrected chi connectivity index (χ0v) is 9.03. The normalized spacial score (nSPS) is 9.73. The van der Waals surface area contributed by atoms with Crippen LogP contribution in [0.3, 0.4) is 0 Å². The molecule has 0 N–H and O–H groups in total. The second-order valence-electron chi connectivity index (χ2n) is 3.06. The molecule has 0 aliphatic rings. The van der Waals surface area contributed by atoms with Gasteiger partial charge in [-0.15, -0.1) is 0 Å². The maximum absolute atomic E-state index is 11.3. The summed E-state index contributed by atoms with van der Waals surface area (Å²) in [6.07, 6.45) is 3.20. The molecule has 0 spiro atoms. The van der Waals surface area contributed by atoms with Crippen LogP contribution in [0.5, 0.6) is 11.5 Å². The fourth-order valence-electron chi connectivity index (χ4n) is 1.12. The Morgan fingerprint density at radius 2 is 2.00 bits per heavy atom. The summed E-state index contributed by atoms with van der Waals surface area (Å²) >= 11 is 0. The predicted octanol–water partition coefficient (Wildman–Crippen LogP) is 2.60. The second-order valence-corrected chi connectivity index (χ2v) is 3.06. The largest absolute Gasteiger partial charge is 0.493 e. The molecular weight excluding hydrogens is 192 g/mol. The van der Waals surface area contributed by atoms with Gasteiger partial charge < -0.3 is 9.47 Å². The SMILES string of the molecule is CCC[CH]C(=O)Oc1ccccc1OC. The van der Waals surface area contributed by atoms with E-state index in [1.807, 2.05) is 13.0 Å². The van der Waals surface area contributed by atoms with Crippen LogP contribution in [0, 0.1) is 6.42 Å². The zero-order valence-electron chi connectivity index (χ0n) is 9.03. The molecule has 0 aliphatic carbocycles. The van der Waals surface area contributed by atoms with E-state index in [9.17, 15) is 4.79 Å². The van der Waals surface area contributed by atoms with Crippen molar-refractivity contribution < 1.29 is 14.3 Å². The highest BCUT2D eigenvalue weighted by atomic mass is 16.6. The van der Waals surface area contributed by atoms with Crippen molar-refractivity contribution in [3.8, 4) is 11.5 Å². The summed E-state index contributed by atoms with van der Waals surface area (Å²) in [6.45, 7) is 2.01. The van der Waals surface area contributed by atoms with Crippen LogP contribution in [-0.4, -0.2) is 13.1 Å². The van der Waals surface area contributed by atoms with Crippen LogP contribution in [0.1, 0.15) is 19.8 Å². The molecule has 0 amide bonds. The Morgan fingerprint density at radius 3 is 2.60 bits per heavy atom. The van der Waals surface area contributed by atoms with E-state index in [0.29, 0.717) is 11.5 Å². The smallest absolute Gasteiger partial charge is 0.315 e. The van der Waals surface area contributed by atoms with E-state index in [-0.39, 0.29) is 5.97 Å². The Bertz CT molecular complexity index is 320. The minimum atomic E-state index is -0.332. The standard InChI is InChI=1S/C12H15O3/c1-3-4-9-12(13)15-11-8-6-5-7-10(11)14-2/h5-9H,3-4H2,1-2H3. The van der Waals surface area contributed by atoms with Gasteiger partial charge in [0.15, 0.2) is 11.5 Å². The van der Waals surface area contributed by atoms with E-state index in [4.69, 9.17) is 9.47 Å². The number of hydrogen-bond donors (Lipinski definition) is 0. The number of methoxy groups -OCH3 is 1. The fraction of sp³-hybridized carbons (Fsp3) is 0.333. The third-order valence-corrected chi connectivity index (χ3v) is 1.88. The zero-order chi connectivity index (χ0) is 11.1. The van der Waals surface area contributed by atoms with Crippen molar-refractivity contribution in [2.45, 2.75) is 19.8 Å². The molecule has 0 aliphatic heterocycles. The Morgan fingerprint density at radius 1 is 1.33 bits per heavy atom. The predicted molar refractivity (Wildman–Crippen MR) is 57.8 cm³/mol. The van der Waals surface area contributed by atoms with E-state index in [2.05, 4.69) is 0 Å². The van der Waals surface area contributed by atoms with Crippen LogP contribution in [-0.2, 0) is 4.79 Å². The molecule has 1 radical (unpaired) electrons. The molecule has 81 valence electrons. The van der Waals surface area contributed by atoms with Crippen LogP contribution < -0.4 is 9.47 Å². The summed E-state index contributed by atoms with van der Waals surface area (Å²) in [6, 6.07) is 7.08. The highest BCUT2D eigenvalue weighted by Crippen LogP contribution is 2.26. The first-order valence-electron chi connectivity index (χ1n) is 4.96. The van der Waals surface area contributed by atoms with Gasteiger partial charge in [-0.3, -0.25) is 4.79 Å². The van der Waals surface area contributed by atoms with E-state index < -0.39 is 0 Å². The molecule has 0 atom stereocenters. The van der Waals surface area contributed by atoms with Crippen molar-refractivity contribution in [1.82, 2.24) is 0 Å². The molecule has 0 fully saturated rings. The number of carbonyl (C=O) groups is 1. The molecule has 3 nitrogen and oxygen atoms in total. The van der Waals surface area contributed by atoms with Crippen molar-refractivity contribution in [2.75, 3.05) is 7.11 Å². The Labute approximate surface area is 90.0 Å². The van der Waals surface area contributed by atoms with E-state index in [1.54, 1.807) is 25.3 Å². The van der Waals surface area contributed by atoms with Gasteiger partial charge in [-0.2, -0.15) is 0 Å². The molecule has 3 heteroatoms. The van der Waals surface area contributed by atoms with Crippen LogP contribution in [0.2, 0.25) is 0 Å². The van der Waals surface area contributed by atoms with E-state index >= 15 is 0 Å². The Hall–Kier alpha value is -1.51. The first-order valence-corrected chi connectivity index (χ1v) is 4.96. The van der Waals surface area contributed by atoms with Crippen LogP contribution in [0.15, 0.2) is 24.3 Å². The number of carbonyl (C=O) groups excluding carboxylic acids is 1. The topological polar surface area (TPSA) is 35.5 Å². The van der Waals surface area contributed by atoms with Gasteiger partial charge in [0.25, 0.3) is 0 Å². The second kappa shape index (κ2) is 6.06. The average molecular weight is 207 g/mol. The molecule has 1 aromatic carbocycles. The van der Waals surface area contributed by atoms with Gasteiger partial charge in [-0.1, -0.05) is 25.5 Å². The van der Waals surface area contributed by atoms with E-state index in [1.165, 1.54) is 6.42 Å². The van der Waals surface area contributed by atoms with Crippen LogP contribution in [0.25, 0.3) is 0 Å². The van der Waals surface area contributed by atoms with Gasteiger partial charge in [-0.25, -0.2) is 0 Å². The summed E-state index contributed by atoms with van der Waals surface area (Å²) in [7, 11) is 1.54. The lowest BCUT2D eigenvalue weighted by Gasteiger charge is -2.07. The maximum Gasteiger partial charge on any atom is 0.315 e. The van der Waals surface area contributed by atoms with Gasteiger partial charge in [-0.05, 0) is 18.6 Å². The monoisotopic (exact) mass is 207 g/mol. The molecule has 0 saturated heterocycles. The third kappa shape index (κ3) is 3.62. The van der Waals surface area contributed by atoms with Crippen molar-refractivity contribution >= 4 is 5.97 Å². The number of ether oxygens (including phenoxy) is 2. The first kappa shape index (κ1) is 11.6. The van der Waals surface area contributed by atoms with Crippen molar-refractivity contribution in [3.63, 3.8) is 0 Å². The number of rotatable bonds is 5. The molecule has 0 bridgehead atoms. The van der Waals surface area contributed by atoms with Crippen LogP contribution in [0.4, 0.5) is 0 Å². The third-order valence-electron chi connectivity index (χ3n) is 1.88. The lowest BCUT2D eigenvalue weighted by Crippen LogP contribution is -2.08. The molecule has 0 aromatic heterocycles. The molecular formula is C12H15O3. The molecule has 15 heavy (non-hydrogen) atoms. The molecule has 1 aromatic rings. The molecule has 0 saturated carbocycles. The lowest BCUT2D eigenvalue weighted by molar-refractivity contribution is -0.130. The van der Waals surface area contributed by atoms with Crippen LogP contribution >= 0.6 is 0 Å². The van der Waals surface area contributed by atoms with Gasteiger partial charge in [0, 0.05) is 0 Å². The number of para-hydroxylation sites is 2. The molecule has 0 heterocycles. The number of unbranched alkanes of at least 4 members (excludes halogenated alkanes) is 1. The highest BCUT2D eigenvalue weighted by Gasteiger charge is 2.08. The van der Waals surface area contributed by atoms with Crippen molar-refractivity contribution in [3.05, 3.63) is 30.7 Å². The fourth-order valence-corrected chi connectivity index (χ4v) is 1.12. The summed E-state index contributed by atoms with van der Waals surface area (Å²) < 4.78 is 10.2. The Kier molecular flexibility index (Phi) is 4.68. The summed E-state index contributed by atoms with van der Waals surface area (Å²) in [5, 5.41) is 0. The summed E-state index contributed by atoms with van der Waals surface area (Å²) in [5.74, 6) is 0.689. The van der Waals surface area contributed by atoms with Gasteiger partial charge in [0.2, 0.25) is 0 Å². The Balaban J connectivity index is 2.59. The van der Waals surface area contributed by atoms with Gasteiger partial charge >= 0.3 is 5.97 Å². The summed E-state index contributed by atoms with van der Waals surface area (Å²) in [5.41, 5.74) is 0. The van der Waals surface area contributed by atoms with Gasteiger partial charge in [0.05, 0.1) is 13.5 Å². The van der Waals surface area contributed by atoms with Crippen molar-refractivity contribution in [1.29, 1.82) is 0 Å². The first-order chi connectivity index (χ1) is 7.27. The lowest BCUT2D eigenvalue weighted by atomic mass is 10.2. The quantitative estimate of drug-likeness (QED) is 0.550. The number of esters is 1. The average Bonchev–Trinajstić information content (AvgIpc) is 2.27. The van der Waals surface area contributed by atoms with Gasteiger partial charge in [0.1, 0.15) is 0 Å². The number of hydrogen-bond acceptors (Lipinski definition) is 3. The molecule has 0 unspecified atom stereocenters. The van der Waals surface area contributed by atoms with E-state index in [0.717, 1.165) is 12.8 Å².